The van der Waals surface area contributed by atoms with Crippen LogP contribution in [-0.4, -0.2) is 48.4 Å². The van der Waals surface area contributed by atoms with Crippen molar-refractivity contribution in [3.63, 3.8) is 0 Å². The number of hydrogen-bond acceptors (Lipinski definition) is 5. The Bertz CT molecular complexity index is 1630. The maximum atomic E-state index is 14.6. The molecule has 5 aromatic rings. The Morgan fingerprint density at radius 1 is 0.756 bits per heavy atom. The summed E-state index contributed by atoms with van der Waals surface area (Å²) >= 11 is 0. The number of methoxy groups -OCH3 is 1. The second-order valence-corrected chi connectivity index (χ2v) is 12.3. The van der Waals surface area contributed by atoms with Gasteiger partial charge in [0.2, 0.25) is 0 Å². The summed E-state index contributed by atoms with van der Waals surface area (Å²) in [5.41, 5.74) is 2.92. The molecular formula is C37H38BFN2O4. The van der Waals surface area contributed by atoms with Crippen molar-refractivity contribution in [1.29, 1.82) is 0 Å². The maximum absolute atomic E-state index is 14.6. The molecule has 1 aromatic heterocycles. The lowest BCUT2D eigenvalue weighted by Gasteiger charge is -2.36. The van der Waals surface area contributed by atoms with Gasteiger partial charge >= 0.3 is 7.12 Å². The van der Waals surface area contributed by atoms with Gasteiger partial charge in [-0.2, -0.15) is 5.10 Å². The molecule has 8 heteroatoms. The van der Waals surface area contributed by atoms with Crippen molar-refractivity contribution in [3.8, 4) is 17.0 Å². The molecule has 0 atom stereocenters. The van der Waals surface area contributed by atoms with E-state index in [1.54, 1.807) is 13.2 Å². The highest BCUT2D eigenvalue weighted by Gasteiger charge is 2.53. The molecule has 0 aliphatic carbocycles. The SMILES string of the molecule is COCCOc1cc(F)ccc1-c1nn(C(c2ccccc2)(c2ccccc2)c2ccccc2)cc1B1OC(C)(C)C(C)(C)O1. The summed E-state index contributed by atoms with van der Waals surface area (Å²) in [5, 5.41) is 5.36. The number of aromatic nitrogens is 2. The Labute approximate surface area is 264 Å². The zero-order valence-corrected chi connectivity index (χ0v) is 26.4. The second kappa shape index (κ2) is 12.3. The Kier molecular flexibility index (Phi) is 8.40. The Balaban J connectivity index is 1.66. The fourth-order valence-electron chi connectivity index (χ4n) is 5.89. The molecule has 0 saturated carbocycles. The first kappa shape index (κ1) is 30.8. The lowest BCUT2D eigenvalue weighted by Crippen LogP contribution is -2.41. The van der Waals surface area contributed by atoms with E-state index in [9.17, 15) is 4.39 Å². The molecular weight excluding hydrogens is 566 g/mol. The van der Waals surface area contributed by atoms with Gasteiger partial charge in [-0.15, -0.1) is 0 Å². The van der Waals surface area contributed by atoms with E-state index in [1.165, 1.54) is 12.1 Å². The van der Waals surface area contributed by atoms with Gasteiger partial charge in [0.15, 0.2) is 0 Å². The summed E-state index contributed by atoms with van der Waals surface area (Å²) in [6.07, 6.45) is 2.01. The standard InChI is InChI=1S/C37H38BFN2O4/c1-35(2)36(3,4)45-38(44-35)32-26-41(40-34(32)31-22-21-30(39)25-33(31)43-24-23-42-5)37(27-15-9-6-10-16-27,28-17-11-7-12-18-28)29-19-13-8-14-20-29/h6-22,25-26H,23-24H2,1-5H3. The van der Waals surface area contributed by atoms with Crippen molar-refractivity contribution in [2.75, 3.05) is 20.3 Å². The van der Waals surface area contributed by atoms with Gasteiger partial charge in [-0.1, -0.05) is 91.0 Å². The molecule has 0 radical (unpaired) electrons. The highest BCUT2D eigenvalue weighted by atomic mass is 19.1. The van der Waals surface area contributed by atoms with E-state index in [0.29, 0.717) is 29.1 Å². The number of rotatable bonds is 10. The minimum atomic E-state index is -0.877. The fraction of sp³-hybridized carbons (Fsp3) is 0.270. The van der Waals surface area contributed by atoms with Crippen molar-refractivity contribution in [2.24, 2.45) is 0 Å². The zero-order chi connectivity index (χ0) is 31.7. The van der Waals surface area contributed by atoms with Crippen LogP contribution in [0.15, 0.2) is 115 Å². The third-order valence-electron chi connectivity index (χ3n) is 8.91. The zero-order valence-electron chi connectivity index (χ0n) is 26.4. The average molecular weight is 605 g/mol. The third-order valence-corrected chi connectivity index (χ3v) is 8.91. The Morgan fingerprint density at radius 2 is 1.27 bits per heavy atom. The van der Waals surface area contributed by atoms with Gasteiger partial charge in [-0.25, -0.2) is 4.39 Å². The summed E-state index contributed by atoms with van der Waals surface area (Å²) in [6, 6.07) is 35.5. The highest BCUT2D eigenvalue weighted by Crippen LogP contribution is 2.43. The first-order chi connectivity index (χ1) is 21.7. The number of hydrogen-bond donors (Lipinski definition) is 0. The van der Waals surface area contributed by atoms with E-state index < -0.39 is 29.7 Å². The lowest BCUT2D eigenvalue weighted by molar-refractivity contribution is 0.00578. The molecule has 2 heterocycles. The van der Waals surface area contributed by atoms with Gasteiger partial charge in [0.05, 0.1) is 23.5 Å². The molecule has 1 saturated heterocycles. The minimum Gasteiger partial charge on any atom is -0.490 e. The van der Waals surface area contributed by atoms with Crippen LogP contribution in [0.4, 0.5) is 4.39 Å². The average Bonchev–Trinajstić information content (AvgIpc) is 3.57. The summed E-state index contributed by atoms with van der Waals surface area (Å²) in [4.78, 5) is 0. The van der Waals surface area contributed by atoms with Crippen molar-refractivity contribution in [3.05, 3.63) is 138 Å². The molecule has 0 spiro atoms. The van der Waals surface area contributed by atoms with Crippen LogP contribution in [0.25, 0.3) is 11.3 Å². The molecule has 0 unspecified atom stereocenters. The molecule has 0 amide bonds. The second-order valence-electron chi connectivity index (χ2n) is 12.3. The smallest absolute Gasteiger partial charge is 0.490 e. The van der Waals surface area contributed by atoms with Crippen LogP contribution in [0.1, 0.15) is 44.4 Å². The summed E-state index contributed by atoms with van der Waals surface area (Å²) < 4.78 is 41.1. The van der Waals surface area contributed by atoms with Crippen molar-refractivity contribution in [1.82, 2.24) is 9.78 Å². The molecule has 4 aromatic carbocycles. The number of ether oxygens (including phenoxy) is 2. The predicted molar refractivity (Wildman–Crippen MR) is 175 cm³/mol. The van der Waals surface area contributed by atoms with Crippen LogP contribution in [0.5, 0.6) is 5.75 Å². The van der Waals surface area contributed by atoms with Crippen LogP contribution >= 0.6 is 0 Å². The summed E-state index contributed by atoms with van der Waals surface area (Å²) in [6.45, 7) is 8.70. The molecule has 6 nitrogen and oxygen atoms in total. The summed E-state index contributed by atoms with van der Waals surface area (Å²) in [5.74, 6) is -0.0465. The van der Waals surface area contributed by atoms with Crippen molar-refractivity contribution in [2.45, 2.75) is 44.4 Å². The molecule has 45 heavy (non-hydrogen) atoms. The number of benzene rings is 4. The van der Waals surface area contributed by atoms with Crippen LogP contribution in [-0.2, 0) is 19.6 Å². The van der Waals surface area contributed by atoms with E-state index in [1.807, 2.05) is 93.2 Å². The van der Waals surface area contributed by atoms with Crippen molar-refractivity contribution >= 4 is 12.6 Å². The van der Waals surface area contributed by atoms with E-state index in [-0.39, 0.29) is 6.61 Å². The normalized spacial score (nSPS) is 15.7. The van der Waals surface area contributed by atoms with E-state index in [4.69, 9.17) is 23.9 Å². The lowest BCUT2D eigenvalue weighted by atomic mass is 9.76. The molecule has 0 bridgehead atoms. The van der Waals surface area contributed by atoms with E-state index in [2.05, 4.69) is 36.4 Å². The first-order valence-electron chi connectivity index (χ1n) is 15.2. The van der Waals surface area contributed by atoms with Gasteiger partial charge in [0.25, 0.3) is 0 Å². The van der Waals surface area contributed by atoms with Crippen molar-refractivity contribution < 1.29 is 23.2 Å². The fourth-order valence-corrected chi connectivity index (χ4v) is 5.89. The monoisotopic (exact) mass is 604 g/mol. The van der Waals surface area contributed by atoms with E-state index >= 15 is 0 Å². The molecule has 1 aliphatic heterocycles. The largest absolute Gasteiger partial charge is 0.498 e. The topological polar surface area (TPSA) is 54.7 Å². The highest BCUT2D eigenvalue weighted by molar-refractivity contribution is 6.63. The van der Waals surface area contributed by atoms with E-state index in [0.717, 1.165) is 16.7 Å². The van der Waals surface area contributed by atoms with Gasteiger partial charge in [-0.3, -0.25) is 4.68 Å². The molecule has 1 aliphatic rings. The number of halogens is 1. The van der Waals surface area contributed by atoms with Gasteiger partial charge in [0.1, 0.15) is 23.7 Å². The summed E-state index contributed by atoms with van der Waals surface area (Å²) in [7, 11) is 0.861. The van der Waals surface area contributed by atoms with Crippen LogP contribution in [0.3, 0.4) is 0 Å². The first-order valence-corrected chi connectivity index (χ1v) is 15.2. The number of nitrogens with zero attached hydrogens (tertiary/aromatic N) is 2. The molecule has 6 rings (SSSR count). The van der Waals surface area contributed by atoms with Crippen LogP contribution in [0, 0.1) is 5.82 Å². The Hall–Kier alpha value is -4.24. The van der Waals surface area contributed by atoms with Gasteiger partial charge in [-0.05, 0) is 56.5 Å². The predicted octanol–water partition coefficient (Wildman–Crippen LogP) is 6.85. The molecule has 0 N–H and O–H groups in total. The molecule has 1 fully saturated rings. The van der Waals surface area contributed by atoms with Gasteiger partial charge in [0, 0.05) is 30.4 Å². The quantitative estimate of drug-likeness (QED) is 0.0992. The maximum Gasteiger partial charge on any atom is 0.498 e. The van der Waals surface area contributed by atoms with Crippen LogP contribution in [0.2, 0.25) is 0 Å². The van der Waals surface area contributed by atoms with Crippen LogP contribution < -0.4 is 10.2 Å². The third kappa shape index (κ3) is 5.59. The Morgan fingerprint density at radius 3 is 1.76 bits per heavy atom. The minimum absolute atomic E-state index is 0.251. The molecule has 230 valence electrons. The van der Waals surface area contributed by atoms with Gasteiger partial charge < -0.3 is 18.8 Å².